The molecule has 2 heteroatoms. The molecule has 0 rings (SSSR count). The van der Waals surface area contributed by atoms with Crippen molar-refractivity contribution in [3.63, 3.8) is 0 Å². The van der Waals surface area contributed by atoms with E-state index in [1.165, 1.54) is 4.06 Å². The molecule has 0 aromatic heterocycles. The van der Waals surface area contributed by atoms with Crippen molar-refractivity contribution in [3.8, 4) is 0 Å². The zero-order valence-electron chi connectivity index (χ0n) is 6.28. The van der Waals surface area contributed by atoms with E-state index in [1.54, 1.807) is 22.5 Å². The predicted molar refractivity (Wildman–Crippen MR) is 43.1 cm³/mol. The second-order valence-corrected chi connectivity index (χ2v) is 11.8. The van der Waals surface area contributed by atoms with Crippen molar-refractivity contribution in [2.24, 2.45) is 0 Å². The van der Waals surface area contributed by atoms with Gasteiger partial charge in [-0.2, -0.15) is 0 Å². The van der Waals surface area contributed by atoms with Crippen LogP contribution in [-0.2, 0) is 0 Å². The van der Waals surface area contributed by atoms with Crippen molar-refractivity contribution >= 4 is 30.6 Å². The minimum atomic E-state index is -0.715. The van der Waals surface area contributed by atoms with E-state index in [2.05, 4.69) is 26.9 Å². The van der Waals surface area contributed by atoms with Crippen LogP contribution in [-0.4, -0.2) is 30.6 Å². The van der Waals surface area contributed by atoms with Gasteiger partial charge in [0.2, 0.25) is 0 Å². The Bertz CT molecular complexity index is 68.9. The molecule has 3 radical (unpaired) electrons. The summed E-state index contributed by atoms with van der Waals surface area (Å²) in [6, 6.07) is 0. The van der Waals surface area contributed by atoms with E-state index in [0.717, 1.165) is 5.54 Å². The minimum absolute atomic E-state index is 0.715. The number of hydrogen-bond acceptors (Lipinski definition) is 0. The van der Waals surface area contributed by atoms with Crippen LogP contribution in [0.3, 0.4) is 0 Å². The average molecular weight is 234 g/mol. The van der Waals surface area contributed by atoms with E-state index in [9.17, 15) is 0 Å². The van der Waals surface area contributed by atoms with Gasteiger partial charge in [0.05, 0.1) is 0 Å². The second kappa shape index (κ2) is 3.25. The zero-order valence-corrected chi connectivity index (χ0v) is 10.1. The third-order valence-corrected chi connectivity index (χ3v) is 13.9. The molecule has 0 aliphatic carbocycles. The Morgan fingerprint density at radius 3 is 1.75 bits per heavy atom. The Morgan fingerprint density at radius 1 is 1.38 bits per heavy atom. The van der Waals surface area contributed by atoms with Gasteiger partial charge in [0.15, 0.2) is 0 Å². The van der Waals surface area contributed by atoms with Gasteiger partial charge in [0, 0.05) is 0 Å². The maximum atomic E-state index is 2.48. The van der Waals surface area contributed by atoms with E-state index in [-0.39, 0.29) is 0 Å². The zero-order chi connectivity index (χ0) is 6.78. The van der Waals surface area contributed by atoms with Gasteiger partial charge in [-0.05, 0) is 0 Å². The van der Waals surface area contributed by atoms with Gasteiger partial charge in [0.1, 0.15) is 0 Å². The molecule has 0 fully saturated rings. The van der Waals surface area contributed by atoms with Crippen molar-refractivity contribution in [3.05, 3.63) is 0 Å². The Labute approximate surface area is 67.2 Å². The summed E-state index contributed by atoms with van der Waals surface area (Å²) in [4.78, 5) is 0. The Morgan fingerprint density at radius 2 is 1.75 bits per heavy atom. The van der Waals surface area contributed by atoms with E-state index < -0.39 is 8.07 Å². The van der Waals surface area contributed by atoms with Gasteiger partial charge < -0.3 is 0 Å². The number of rotatable bonds is 2. The molecule has 8 heavy (non-hydrogen) atoms. The maximum absolute atomic E-state index is 2.48. The average Bonchev–Trinajstić information content (AvgIpc) is 1.67. The van der Waals surface area contributed by atoms with Gasteiger partial charge in [-0.1, -0.05) is 0 Å². The first-order valence-corrected chi connectivity index (χ1v) is 8.45. The van der Waals surface area contributed by atoms with Crippen LogP contribution in [0, 0.1) is 0 Å². The quantitative estimate of drug-likeness (QED) is 0.642. The summed E-state index contributed by atoms with van der Waals surface area (Å²) in [6.45, 7) is 9.67. The van der Waals surface area contributed by atoms with Crippen molar-refractivity contribution in [1.29, 1.82) is 0 Å². The van der Waals surface area contributed by atoms with E-state index in [1.807, 2.05) is 0 Å². The monoisotopic (exact) mass is 235 g/mol. The fraction of sp³-hybridized carbons (Fsp3) is 1.00. The van der Waals surface area contributed by atoms with Crippen LogP contribution >= 0.6 is 0 Å². The summed E-state index contributed by atoms with van der Waals surface area (Å²) in [5.41, 5.74) is 0.974. The van der Waals surface area contributed by atoms with E-state index >= 15 is 0 Å². The summed E-state index contributed by atoms with van der Waals surface area (Å²) in [5, 5.41) is 0. The molecule has 0 aliphatic rings. The SMILES string of the molecule is CC(C)[Si](C)(C)[CH2][Sn]. The van der Waals surface area contributed by atoms with Crippen molar-refractivity contribution in [1.82, 2.24) is 0 Å². The standard InChI is InChI=1S/C6H15Si.Sn/c1-6(2)7(3,4)5;/h6H,3H2,1-2,4-5H3;. The molecule has 47 valence electrons. The van der Waals surface area contributed by atoms with Gasteiger partial charge in [-0.15, -0.1) is 0 Å². The van der Waals surface area contributed by atoms with Crippen LogP contribution in [0.15, 0.2) is 0 Å². The summed E-state index contributed by atoms with van der Waals surface area (Å²) < 4.78 is 1.51. The van der Waals surface area contributed by atoms with E-state index in [4.69, 9.17) is 0 Å². The Balaban J connectivity index is 3.71. The summed E-state index contributed by atoms with van der Waals surface area (Å²) >= 11 is 1.73. The fourth-order valence-corrected chi connectivity index (χ4v) is 4.11. The van der Waals surface area contributed by atoms with Crippen LogP contribution in [0.5, 0.6) is 0 Å². The van der Waals surface area contributed by atoms with Crippen molar-refractivity contribution < 1.29 is 0 Å². The number of hydrogen-bond donors (Lipinski definition) is 0. The molecule has 0 amide bonds. The molecule has 0 aromatic rings. The molecule has 0 aliphatic heterocycles. The Kier molecular flexibility index (Phi) is 3.66. The predicted octanol–water partition coefficient (Wildman–Crippen LogP) is 2.23. The first kappa shape index (κ1) is 9.02. The molecule has 0 bridgehead atoms. The molecule has 0 spiro atoms. The molecule has 0 unspecified atom stereocenters. The van der Waals surface area contributed by atoms with Crippen LogP contribution < -0.4 is 0 Å². The van der Waals surface area contributed by atoms with Gasteiger partial charge in [0.25, 0.3) is 0 Å². The van der Waals surface area contributed by atoms with Crippen LogP contribution in [0.4, 0.5) is 0 Å². The molecule has 0 atom stereocenters. The van der Waals surface area contributed by atoms with Crippen LogP contribution in [0.2, 0.25) is 22.7 Å². The molecule has 0 heterocycles. The third-order valence-electron chi connectivity index (χ3n) is 2.02. The topological polar surface area (TPSA) is 0 Å². The molecular formula is C6H15SiSn. The molecule has 0 saturated carbocycles. The summed E-state index contributed by atoms with van der Waals surface area (Å²) in [7, 11) is -0.715. The molecule has 0 saturated heterocycles. The van der Waals surface area contributed by atoms with Gasteiger partial charge in [-0.25, -0.2) is 0 Å². The summed E-state index contributed by atoms with van der Waals surface area (Å²) in [5.74, 6) is 0. The fourth-order valence-electron chi connectivity index (χ4n) is 0.204. The van der Waals surface area contributed by atoms with E-state index in [0.29, 0.717) is 0 Å². The Hall–Kier alpha value is 1.02. The van der Waals surface area contributed by atoms with Crippen molar-refractivity contribution in [2.45, 2.75) is 36.5 Å². The molecular weight excluding hydrogens is 219 g/mol. The second-order valence-electron chi connectivity index (χ2n) is 3.32. The molecule has 0 aromatic carbocycles. The first-order chi connectivity index (χ1) is 3.50. The molecule has 0 nitrogen and oxygen atoms in total. The molecule has 0 N–H and O–H groups in total. The summed E-state index contributed by atoms with van der Waals surface area (Å²) in [6.07, 6.45) is 0. The van der Waals surface area contributed by atoms with Gasteiger partial charge >= 0.3 is 67.1 Å². The normalized spacial score (nSPS) is 12.8. The van der Waals surface area contributed by atoms with Crippen LogP contribution in [0.1, 0.15) is 13.8 Å². The van der Waals surface area contributed by atoms with Crippen LogP contribution in [0.25, 0.3) is 0 Å². The third kappa shape index (κ3) is 2.53. The van der Waals surface area contributed by atoms with Crippen molar-refractivity contribution in [2.75, 3.05) is 0 Å². The van der Waals surface area contributed by atoms with Gasteiger partial charge in [-0.3, -0.25) is 0 Å². The first-order valence-electron chi connectivity index (χ1n) is 3.15.